The molecule has 5 heteroatoms. The molecule has 0 radical (unpaired) electrons. The molecule has 1 atom stereocenters. The number of rotatable bonds is 5. The van der Waals surface area contributed by atoms with Crippen molar-refractivity contribution in [2.45, 2.75) is 6.10 Å². The molecule has 0 bridgehead atoms. The van der Waals surface area contributed by atoms with Crippen molar-refractivity contribution in [1.82, 2.24) is 0 Å². The molecule has 0 aliphatic carbocycles. The molecular formula is C24H16F4O. The molecule has 3 aromatic carbocycles. The Morgan fingerprint density at radius 1 is 0.759 bits per heavy atom. The molecule has 0 amide bonds. The fourth-order valence-corrected chi connectivity index (χ4v) is 3.09. The maximum absolute atomic E-state index is 14.4. The van der Waals surface area contributed by atoms with E-state index in [4.69, 9.17) is 4.74 Å². The van der Waals surface area contributed by atoms with Crippen LogP contribution in [0.2, 0.25) is 0 Å². The zero-order chi connectivity index (χ0) is 20.5. The van der Waals surface area contributed by atoms with Gasteiger partial charge in [0.1, 0.15) is 6.10 Å². The van der Waals surface area contributed by atoms with E-state index in [1.54, 1.807) is 30.3 Å². The summed E-state index contributed by atoms with van der Waals surface area (Å²) in [4.78, 5) is 0. The molecule has 1 unspecified atom stereocenters. The Labute approximate surface area is 165 Å². The van der Waals surface area contributed by atoms with Crippen LogP contribution in [0.5, 0.6) is 0 Å². The van der Waals surface area contributed by atoms with Crippen LogP contribution in [0.1, 0.15) is 28.4 Å². The van der Waals surface area contributed by atoms with Crippen LogP contribution in [0.25, 0.3) is 29.4 Å². The maximum Gasteiger partial charge on any atom is 0.167 e. The van der Waals surface area contributed by atoms with Gasteiger partial charge in [-0.05, 0) is 11.1 Å². The van der Waals surface area contributed by atoms with Crippen molar-refractivity contribution >= 4 is 18.2 Å². The first kappa shape index (κ1) is 19.2. The minimum Gasteiger partial charge on any atom is -0.368 e. The van der Waals surface area contributed by atoms with Gasteiger partial charge in [0.15, 0.2) is 23.3 Å². The first-order chi connectivity index (χ1) is 14.0. The smallest absolute Gasteiger partial charge is 0.167 e. The molecule has 29 heavy (non-hydrogen) atoms. The van der Waals surface area contributed by atoms with E-state index in [1.165, 1.54) is 36.4 Å². The van der Waals surface area contributed by atoms with Crippen molar-refractivity contribution in [3.8, 4) is 11.1 Å². The first-order valence-electron chi connectivity index (χ1n) is 8.98. The maximum atomic E-state index is 14.4. The van der Waals surface area contributed by atoms with Gasteiger partial charge < -0.3 is 4.74 Å². The second-order valence-electron chi connectivity index (χ2n) is 6.68. The van der Waals surface area contributed by atoms with Gasteiger partial charge in [0, 0.05) is 22.3 Å². The number of epoxide rings is 1. The van der Waals surface area contributed by atoms with Gasteiger partial charge in [0.05, 0.1) is 6.61 Å². The highest BCUT2D eigenvalue weighted by Crippen LogP contribution is 2.35. The van der Waals surface area contributed by atoms with E-state index in [1.807, 2.05) is 0 Å². The first-order valence-corrected chi connectivity index (χ1v) is 8.98. The Bertz CT molecular complexity index is 1110. The molecule has 1 heterocycles. The average Bonchev–Trinajstić information content (AvgIpc) is 3.57. The Morgan fingerprint density at radius 2 is 1.41 bits per heavy atom. The molecule has 1 fully saturated rings. The third-order valence-corrected chi connectivity index (χ3v) is 4.83. The lowest BCUT2D eigenvalue weighted by Gasteiger charge is -2.08. The SMILES string of the molecule is C=Cc1ccc(/C=C/c2ccc(-c3ccc(C4CO4)c(F)c3F)cc2)c(F)c1F. The van der Waals surface area contributed by atoms with Crippen molar-refractivity contribution in [2.24, 2.45) is 0 Å². The minimum atomic E-state index is -0.951. The van der Waals surface area contributed by atoms with Crippen molar-refractivity contribution in [3.05, 3.63) is 101 Å². The zero-order valence-electron chi connectivity index (χ0n) is 15.3. The minimum absolute atomic E-state index is 0.0949. The van der Waals surface area contributed by atoms with Crippen molar-refractivity contribution < 1.29 is 22.3 Å². The van der Waals surface area contributed by atoms with Crippen molar-refractivity contribution in [3.63, 3.8) is 0 Å². The molecule has 3 aromatic rings. The highest BCUT2D eigenvalue weighted by Gasteiger charge is 2.30. The van der Waals surface area contributed by atoms with Crippen LogP contribution in [-0.2, 0) is 4.74 Å². The van der Waals surface area contributed by atoms with E-state index in [9.17, 15) is 17.6 Å². The number of benzene rings is 3. The fourth-order valence-electron chi connectivity index (χ4n) is 3.09. The van der Waals surface area contributed by atoms with Crippen LogP contribution in [0.3, 0.4) is 0 Å². The van der Waals surface area contributed by atoms with E-state index in [-0.39, 0.29) is 28.4 Å². The van der Waals surface area contributed by atoms with E-state index in [0.717, 1.165) is 0 Å². The molecular weight excluding hydrogens is 380 g/mol. The van der Waals surface area contributed by atoms with Crippen LogP contribution in [0, 0.1) is 23.3 Å². The highest BCUT2D eigenvalue weighted by molar-refractivity contribution is 5.73. The summed E-state index contributed by atoms with van der Waals surface area (Å²) in [6, 6.07) is 12.6. The summed E-state index contributed by atoms with van der Waals surface area (Å²) in [5, 5.41) is 0. The summed E-state index contributed by atoms with van der Waals surface area (Å²) in [6.07, 6.45) is 3.94. The summed E-state index contributed by atoms with van der Waals surface area (Å²) in [5.41, 5.74) is 1.78. The number of hydrogen-bond donors (Lipinski definition) is 0. The van der Waals surface area contributed by atoms with E-state index in [0.29, 0.717) is 17.7 Å². The van der Waals surface area contributed by atoms with Crippen LogP contribution in [0.4, 0.5) is 17.6 Å². The quantitative estimate of drug-likeness (QED) is 0.263. The lowest BCUT2D eigenvalue weighted by molar-refractivity contribution is 0.401. The van der Waals surface area contributed by atoms with E-state index in [2.05, 4.69) is 6.58 Å². The van der Waals surface area contributed by atoms with Gasteiger partial charge in [0.2, 0.25) is 0 Å². The second-order valence-corrected chi connectivity index (χ2v) is 6.68. The number of halogens is 4. The highest BCUT2D eigenvalue weighted by atomic mass is 19.2. The Morgan fingerprint density at radius 3 is 2.07 bits per heavy atom. The van der Waals surface area contributed by atoms with Gasteiger partial charge in [-0.1, -0.05) is 73.3 Å². The Hall–Kier alpha value is -3.18. The van der Waals surface area contributed by atoms with Crippen molar-refractivity contribution in [2.75, 3.05) is 6.61 Å². The molecule has 0 saturated carbocycles. The molecule has 1 nitrogen and oxygen atoms in total. The molecule has 4 rings (SSSR count). The Kier molecular flexibility index (Phi) is 5.07. The fraction of sp³-hybridized carbons (Fsp3) is 0.0833. The van der Waals surface area contributed by atoms with E-state index >= 15 is 0 Å². The van der Waals surface area contributed by atoms with Crippen LogP contribution >= 0.6 is 0 Å². The third-order valence-electron chi connectivity index (χ3n) is 4.83. The van der Waals surface area contributed by atoms with Crippen LogP contribution < -0.4 is 0 Å². The van der Waals surface area contributed by atoms with Gasteiger partial charge in [-0.2, -0.15) is 0 Å². The molecule has 0 aromatic heterocycles. The van der Waals surface area contributed by atoms with Crippen LogP contribution in [-0.4, -0.2) is 6.61 Å². The monoisotopic (exact) mass is 396 g/mol. The van der Waals surface area contributed by atoms with Gasteiger partial charge >= 0.3 is 0 Å². The van der Waals surface area contributed by atoms with Gasteiger partial charge in [-0.25, -0.2) is 17.6 Å². The van der Waals surface area contributed by atoms with E-state index < -0.39 is 23.3 Å². The molecule has 1 aliphatic heterocycles. The normalized spacial score (nSPS) is 15.7. The standard InChI is InChI=1S/C24H16F4O/c1-2-15-9-10-17(22(26)21(15)25)8-5-14-3-6-16(7-4-14)18-11-12-19(20-13-29-20)24(28)23(18)27/h2-12,20H,1,13H2/b8-5+. The largest absolute Gasteiger partial charge is 0.368 e. The number of hydrogen-bond acceptors (Lipinski definition) is 1. The predicted molar refractivity (Wildman–Crippen MR) is 106 cm³/mol. The third kappa shape index (κ3) is 3.74. The summed E-state index contributed by atoms with van der Waals surface area (Å²) >= 11 is 0. The summed E-state index contributed by atoms with van der Waals surface area (Å²) in [7, 11) is 0. The summed E-state index contributed by atoms with van der Waals surface area (Å²) in [5.74, 6) is -3.71. The lowest BCUT2D eigenvalue weighted by atomic mass is 10.00. The molecule has 1 aliphatic rings. The predicted octanol–water partition coefficient (Wildman–Crippen LogP) is 6.79. The molecule has 0 N–H and O–H groups in total. The van der Waals surface area contributed by atoms with Gasteiger partial charge in [0.25, 0.3) is 0 Å². The lowest BCUT2D eigenvalue weighted by Crippen LogP contribution is -1.96. The molecule has 0 spiro atoms. The van der Waals surface area contributed by atoms with Crippen molar-refractivity contribution in [1.29, 1.82) is 0 Å². The summed E-state index contributed by atoms with van der Waals surface area (Å²) < 4.78 is 61.5. The van der Waals surface area contributed by atoms with Gasteiger partial charge in [-0.3, -0.25) is 0 Å². The van der Waals surface area contributed by atoms with Crippen LogP contribution in [0.15, 0.2) is 55.1 Å². The topological polar surface area (TPSA) is 12.5 Å². The zero-order valence-corrected chi connectivity index (χ0v) is 15.3. The Balaban J connectivity index is 1.57. The summed E-state index contributed by atoms with van der Waals surface area (Å²) in [6.45, 7) is 3.84. The van der Waals surface area contributed by atoms with Gasteiger partial charge in [-0.15, -0.1) is 0 Å². The molecule has 1 saturated heterocycles. The second kappa shape index (κ2) is 7.68. The molecule has 146 valence electrons. The average molecular weight is 396 g/mol. The number of ether oxygens (including phenoxy) is 1.